The highest BCUT2D eigenvalue weighted by molar-refractivity contribution is 5.93. The zero-order chi connectivity index (χ0) is 17.3. The molecule has 1 saturated heterocycles. The number of carbonyl (C=O) groups excluding carboxylic acids is 1. The van der Waals surface area contributed by atoms with Gasteiger partial charge in [-0.25, -0.2) is 4.79 Å². The summed E-state index contributed by atoms with van der Waals surface area (Å²) in [5.41, 5.74) is -1.00. The van der Waals surface area contributed by atoms with Crippen molar-refractivity contribution in [2.24, 2.45) is 14.1 Å². The van der Waals surface area contributed by atoms with Gasteiger partial charge in [0.15, 0.2) is 0 Å². The molecule has 7 heteroatoms. The molecule has 0 saturated carbocycles. The molecule has 1 aliphatic rings. The van der Waals surface area contributed by atoms with Crippen LogP contribution in [0.25, 0.3) is 0 Å². The summed E-state index contributed by atoms with van der Waals surface area (Å²) in [6.07, 6.45) is 6.64. The molecule has 3 heterocycles. The Bertz CT molecular complexity index is 848. The second-order valence-electron chi connectivity index (χ2n) is 6.18. The van der Waals surface area contributed by atoms with Crippen molar-refractivity contribution < 1.29 is 9.21 Å². The van der Waals surface area contributed by atoms with Gasteiger partial charge in [0.25, 0.3) is 11.5 Å². The number of furan rings is 1. The normalized spacial score (nSPS) is 18.4. The highest BCUT2D eigenvalue weighted by Gasteiger charge is 2.31. The fourth-order valence-electron chi connectivity index (χ4n) is 3.24. The Balaban J connectivity index is 2.04. The quantitative estimate of drug-likeness (QED) is 0.834. The molecule has 1 amide bonds. The van der Waals surface area contributed by atoms with Gasteiger partial charge < -0.3 is 13.9 Å². The van der Waals surface area contributed by atoms with Crippen LogP contribution in [0.5, 0.6) is 0 Å². The fourth-order valence-corrected chi connectivity index (χ4v) is 3.24. The van der Waals surface area contributed by atoms with E-state index in [-0.39, 0.29) is 17.5 Å². The molecule has 2 aromatic heterocycles. The minimum atomic E-state index is -0.564. The molecule has 0 aliphatic carbocycles. The van der Waals surface area contributed by atoms with Gasteiger partial charge in [-0.05, 0) is 25.0 Å². The summed E-state index contributed by atoms with van der Waals surface area (Å²) >= 11 is 0. The number of amides is 1. The molecule has 1 atom stereocenters. The molecule has 0 radical (unpaired) electrons. The lowest BCUT2D eigenvalue weighted by Gasteiger charge is -2.28. The minimum Gasteiger partial charge on any atom is -0.467 e. The Kier molecular flexibility index (Phi) is 4.42. The topological polar surface area (TPSA) is 77.5 Å². The Morgan fingerprint density at radius 2 is 2.00 bits per heavy atom. The summed E-state index contributed by atoms with van der Waals surface area (Å²) in [5.74, 6) is 0.376. The summed E-state index contributed by atoms with van der Waals surface area (Å²) in [6, 6.07) is 3.47. The Labute approximate surface area is 139 Å². The standard InChI is InChI=1S/C17H21N3O4/c1-18-11-12(15(21)19(2)17(18)23)16(22)20-9-5-3-4-7-13(20)14-8-6-10-24-14/h6,8,10-11,13H,3-5,7,9H2,1-2H3. The molecular formula is C17H21N3O4. The van der Waals surface area contributed by atoms with Gasteiger partial charge in [0.1, 0.15) is 11.3 Å². The van der Waals surface area contributed by atoms with E-state index in [1.54, 1.807) is 17.2 Å². The summed E-state index contributed by atoms with van der Waals surface area (Å²) in [6.45, 7) is 0.566. The van der Waals surface area contributed by atoms with Gasteiger partial charge in [-0.2, -0.15) is 0 Å². The zero-order valence-electron chi connectivity index (χ0n) is 13.9. The number of nitrogens with zero attached hydrogens (tertiary/aromatic N) is 3. The lowest BCUT2D eigenvalue weighted by molar-refractivity contribution is 0.0654. The summed E-state index contributed by atoms with van der Waals surface area (Å²) in [4.78, 5) is 39.0. The van der Waals surface area contributed by atoms with Crippen molar-refractivity contribution in [1.29, 1.82) is 0 Å². The van der Waals surface area contributed by atoms with Crippen molar-refractivity contribution in [2.75, 3.05) is 6.54 Å². The largest absolute Gasteiger partial charge is 0.467 e. The van der Waals surface area contributed by atoms with E-state index in [1.165, 1.54) is 24.9 Å². The first-order chi connectivity index (χ1) is 11.5. The lowest BCUT2D eigenvalue weighted by Crippen LogP contribution is -2.44. The van der Waals surface area contributed by atoms with Crippen LogP contribution in [0.15, 0.2) is 38.6 Å². The fraction of sp³-hybridized carbons (Fsp3) is 0.471. The van der Waals surface area contributed by atoms with E-state index < -0.39 is 11.2 Å². The second kappa shape index (κ2) is 6.51. The summed E-state index contributed by atoms with van der Waals surface area (Å²) in [5, 5.41) is 0. The van der Waals surface area contributed by atoms with Crippen molar-refractivity contribution >= 4 is 5.91 Å². The molecule has 0 aromatic carbocycles. The van der Waals surface area contributed by atoms with Gasteiger partial charge in [0.2, 0.25) is 0 Å². The Hall–Kier alpha value is -2.57. The molecule has 0 N–H and O–H groups in total. The van der Waals surface area contributed by atoms with Crippen LogP contribution in [-0.2, 0) is 14.1 Å². The van der Waals surface area contributed by atoms with Crippen molar-refractivity contribution in [2.45, 2.75) is 31.7 Å². The third kappa shape index (κ3) is 2.81. The van der Waals surface area contributed by atoms with Crippen LogP contribution in [-0.4, -0.2) is 26.5 Å². The zero-order valence-corrected chi connectivity index (χ0v) is 13.9. The van der Waals surface area contributed by atoms with Crippen LogP contribution >= 0.6 is 0 Å². The van der Waals surface area contributed by atoms with Gasteiger partial charge in [-0.3, -0.25) is 14.2 Å². The number of hydrogen-bond donors (Lipinski definition) is 0. The van der Waals surface area contributed by atoms with Crippen LogP contribution in [0.2, 0.25) is 0 Å². The summed E-state index contributed by atoms with van der Waals surface area (Å²) in [7, 11) is 2.92. The van der Waals surface area contributed by atoms with E-state index in [0.717, 1.165) is 36.0 Å². The highest BCUT2D eigenvalue weighted by Crippen LogP contribution is 2.31. The van der Waals surface area contributed by atoms with Crippen molar-refractivity contribution in [3.63, 3.8) is 0 Å². The van der Waals surface area contributed by atoms with Crippen LogP contribution in [0, 0.1) is 0 Å². The number of hydrogen-bond acceptors (Lipinski definition) is 4. The number of carbonyl (C=O) groups is 1. The first-order valence-electron chi connectivity index (χ1n) is 8.11. The maximum atomic E-state index is 13.1. The van der Waals surface area contributed by atoms with Gasteiger partial charge in [-0.1, -0.05) is 12.8 Å². The molecule has 24 heavy (non-hydrogen) atoms. The third-order valence-corrected chi connectivity index (χ3v) is 4.56. The predicted octanol–water partition coefficient (Wildman–Crippen LogP) is 1.43. The molecule has 3 rings (SSSR count). The molecule has 2 aromatic rings. The smallest absolute Gasteiger partial charge is 0.330 e. The molecule has 7 nitrogen and oxygen atoms in total. The highest BCUT2D eigenvalue weighted by atomic mass is 16.3. The molecule has 128 valence electrons. The average molecular weight is 331 g/mol. The van der Waals surface area contributed by atoms with E-state index in [4.69, 9.17) is 4.42 Å². The van der Waals surface area contributed by atoms with Crippen LogP contribution in [0.1, 0.15) is 47.8 Å². The monoisotopic (exact) mass is 331 g/mol. The molecule has 1 aliphatic heterocycles. The maximum absolute atomic E-state index is 13.1. The molecule has 1 fully saturated rings. The first kappa shape index (κ1) is 16.3. The van der Waals surface area contributed by atoms with E-state index >= 15 is 0 Å². The molecule has 0 bridgehead atoms. The average Bonchev–Trinajstić information content (AvgIpc) is 3.00. The predicted molar refractivity (Wildman–Crippen MR) is 87.9 cm³/mol. The van der Waals surface area contributed by atoms with Crippen LogP contribution in [0.3, 0.4) is 0 Å². The Morgan fingerprint density at radius 1 is 1.21 bits per heavy atom. The van der Waals surface area contributed by atoms with E-state index in [0.29, 0.717) is 6.54 Å². The SMILES string of the molecule is Cn1cc(C(=O)N2CCCCCC2c2ccco2)c(=O)n(C)c1=O. The van der Waals surface area contributed by atoms with Crippen LogP contribution < -0.4 is 11.2 Å². The van der Waals surface area contributed by atoms with Gasteiger partial charge in [-0.15, -0.1) is 0 Å². The van der Waals surface area contributed by atoms with Gasteiger partial charge in [0.05, 0.1) is 12.3 Å². The van der Waals surface area contributed by atoms with Gasteiger partial charge in [0, 0.05) is 26.8 Å². The van der Waals surface area contributed by atoms with Gasteiger partial charge >= 0.3 is 5.69 Å². The van der Waals surface area contributed by atoms with Crippen molar-refractivity contribution in [1.82, 2.24) is 14.0 Å². The van der Waals surface area contributed by atoms with Crippen LogP contribution in [0.4, 0.5) is 0 Å². The first-order valence-corrected chi connectivity index (χ1v) is 8.11. The minimum absolute atomic E-state index is 0.0121. The Morgan fingerprint density at radius 3 is 2.71 bits per heavy atom. The van der Waals surface area contributed by atoms with Crippen molar-refractivity contribution in [3.8, 4) is 0 Å². The molecule has 0 spiro atoms. The van der Waals surface area contributed by atoms with Crippen molar-refractivity contribution in [3.05, 3.63) is 56.8 Å². The molecule has 1 unspecified atom stereocenters. The summed E-state index contributed by atoms with van der Waals surface area (Å²) < 4.78 is 7.73. The number of aromatic nitrogens is 2. The second-order valence-corrected chi connectivity index (χ2v) is 6.18. The van der Waals surface area contributed by atoms with E-state index in [2.05, 4.69) is 0 Å². The van der Waals surface area contributed by atoms with E-state index in [1.807, 2.05) is 6.07 Å². The number of likely N-dealkylation sites (tertiary alicyclic amines) is 1. The van der Waals surface area contributed by atoms with E-state index in [9.17, 15) is 14.4 Å². The third-order valence-electron chi connectivity index (χ3n) is 4.56. The number of rotatable bonds is 2. The molecular weight excluding hydrogens is 310 g/mol. The number of aryl methyl sites for hydroxylation is 1. The maximum Gasteiger partial charge on any atom is 0.330 e. The lowest BCUT2D eigenvalue weighted by atomic mass is 10.1.